The predicted molar refractivity (Wildman–Crippen MR) is 68.5 cm³/mol. The van der Waals surface area contributed by atoms with E-state index in [2.05, 4.69) is 0 Å². The minimum atomic E-state index is -0.982. The molecule has 0 bridgehead atoms. The van der Waals surface area contributed by atoms with Crippen LogP contribution in [-0.2, 0) is 4.79 Å². The van der Waals surface area contributed by atoms with E-state index in [1.54, 1.807) is 25.1 Å². The maximum absolute atomic E-state index is 10.6. The third kappa shape index (κ3) is 4.11. The molecule has 0 aliphatic rings. The highest BCUT2D eigenvalue weighted by atomic mass is 35.5. The molecule has 0 saturated carbocycles. The Labute approximate surface area is 106 Å². The fraction of sp³-hybridized carbons (Fsp3) is 0.308. The number of rotatable bonds is 5. The van der Waals surface area contributed by atoms with Crippen molar-refractivity contribution < 1.29 is 14.6 Å². The molecule has 0 aliphatic heterocycles. The van der Waals surface area contributed by atoms with Crippen molar-refractivity contribution in [3.05, 3.63) is 34.9 Å². The Morgan fingerprint density at radius 3 is 2.82 bits per heavy atom. The lowest BCUT2D eigenvalue weighted by molar-refractivity contribution is -0.131. The lowest BCUT2D eigenvalue weighted by Crippen LogP contribution is -1.99. The Morgan fingerprint density at radius 1 is 1.53 bits per heavy atom. The third-order valence-electron chi connectivity index (χ3n) is 2.17. The number of carbonyl (C=O) groups is 1. The van der Waals surface area contributed by atoms with Gasteiger partial charge in [0.2, 0.25) is 0 Å². The second kappa shape index (κ2) is 6.30. The van der Waals surface area contributed by atoms with Crippen molar-refractivity contribution in [3.63, 3.8) is 0 Å². The molecule has 0 unspecified atom stereocenters. The van der Waals surface area contributed by atoms with Crippen molar-refractivity contribution in [2.24, 2.45) is 0 Å². The number of allylic oxidation sites excluding steroid dienone is 1. The molecule has 0 heterocycles. The fourth-order valence-electron chi connectivity index (χ4n) is 1.41. The summed E-state index contributed by atoms with van der Waals surface area (Å²) < 4.78 is 5.55. The molecule has 0 amide bonds. The molecule has 1 aromatic rings. The van der Waals surface area contributed by atoms with E-state index < -0.39 is 5.97 Å². The van der Waals surface area contributed by atoms with Crippen molar-refractivity contribution in [1.29, 1.82) is 0 Å². The Morgan fingerprint density at radius 2 is 2.24 bits per heavy atom. The zero-order valence-corrected chi connectivity index (χ0v) is 10.6. The van der Waals surface area contributed by atoms with Gasteiger partial charge in [0.05, 0.1) is 6.61 Å². The van der Waals surface area contributed by atoms with E-state index in [4.69, 9.17) is 21.4 Å². The van der Waals surface area contributed by atoms with Gasteiger partial charge in [0.15, 0.2) is 0 Å². The van der Waals surface area contributed by atoms with Gasteiger partial charge in [-0.2, -0.15) is 0 Å². The van der Waals surface area contributed by atoms with Gasteiger partial charge in [0, 0.05) is 16.7 Å². The lowest BCUT2D eigenvalue weighted by atomic mass is 10.1. The molecular formula is C13H15ClO3. The molecular weight excluding hydrogens is 240 g/mol. The van der Waals surface area contributed by atoms with Crippen molar-refractivity contribution in [1.82, 2.24) is 0 Å². The average Bonchev–Trinajstić information content (AvgIpc) is 2.26. The quantitative estimate of drug-likeness (QED) is 0.817. The maximum Gasteiger partial charge on any atom is 0.328 e. The minimum absolute atomic E-state index is 0.557. The second-order valence-electron chi connectivity index (χ2n) is 3.65. The molecule has 0 spiro atoms. The lowest BCUT2D eigenvalue weighted by Gasteiger charge is -2.11. The van der Waals surface area contributed by atoms with Crippen LogP contribution in [0.4, 0.5) is 0 Å². The van der Waals surface area contributed by atoms with Gasteiger partial charge in [-0.05, 0) is 37.1 Å². The van der Waals surface area contributed by atoms with Crippen molar-refractivity contribution in [2.45, 2.75) is 20.3 Å². The number of aliphatic carboxylic acids is 1. The highest BCUT2D eigenvalue weighted by molar-refractivity contribution is 6.30. The van der Waals surface area contributed by atoms with Gasteiger partial charge >= 0.3 is 5.97 Å². The van der Waals surface area contributed by atoms with Gasteiger partial charge in [-0.25, -0.2) is 4.79 Å². The van der Waals surface area contributed by atoms with Gasteiger partial charge in [-0.15, -0.1) is 0 Å². The molecule has 1 rings (SSSR count). The maximum atomic E-state index is 10.6. The molecule has 0 aliphatic carbocycles. The number of hydrogen-bond donors (Lipinski definition) is 1. The summed E-state index contributed by atoms with van der Waals surface area (Å²) in [7, 11) is 0. The molecule has 0 atom stereocenters. The molecule has 3 nitrogen and oxygen atoms in total. The van der Waals surface area contributed by atoms with Crippen LogP contribution in [0.1, 0.15) is 25.8 Å². The first-order chi connectivity index (χ1) is 8.04. The summed E-state index contributed by atoms with van der Waals surface area (Å²) in [6.07, 6.45) is 2.04. The van der Waals surface area contributed by atoms with E-state index in [0.717, 1.165) is 12.5 Å². The number of ether oxygens (including phenoxy) is 1. The van der Waals surface area contributed by atoms with Crippen LogP contribution >= 0.6 is 11.6 Å². The number of carboxylic acid groups (broad SMARTS) is 1. The van der Waals surface area contributed by atoms with Crippen LogP contribution in [0.25, 0.3) is 5.57 Å². The smallest absolute Gasteiger partial charge is 0.328 e. The molecule has 17 heavy (non-hydrogen) atoms. The molecule has 4 heteroatoms. The largest absolute Gasteiger partial charge is 0.493 e. The minimum Gasteiger partial charge on any atom is -0.493 e. The Hall–Kier alpha value is -1.48. The first kappa shape index (κ1) is 13.6. The molecule has 0 saturated heterocycles. The summed E-state index contributed by atoms with van der Waals surface area (Å²) in [6.45, 7) is 4.32. The van der Waals surface area contributed by atoms with E-state index >= 15 is 0 Å². The zero-order valence-electron chi connectivity index (χ0n) is 9.87. The average molecular weight is 255 g/mol. The summed E-state index contributed by atoms with van der Waals surface area (Å²) in [5, 5.41) is 9.29. The van der Waals surface area contributed by atoms with Crippen LogP contribution in [0.5, 0.6) is 5.75 Å². The van der Waals surface area contributed by atoms with Crippen LogP contribution in [0.15, 0.2) is 24.3 Å². The van der Waals surface area contributed by atoms with E-state index in [1.165, 1.54) is 0 Å². The molecule has 0 fully saturated rings. The number of carboxylic acids is 1. The van der Waals surface area contributed by atoms with E-state index in [0.29, 0.717) is 28.5 Å². The summed E-state index contributed by atoms with van der Waals surface area (Å²) >= 11 is 5.90. The molecule has 1 aromatic carbocycles. The first-order valence-electron chi connectivity index (χ1n) is 5.38. The fourth-order valence-corrected chi connectivity index (χ4v) is 1.58. The Balaban J connectivity index is 3.10. The summed E-state index contributed by atoms with van der Waals surface area (Å²) in [6, 6.07) is 5.19. The highest BCUT2D eigenvalue weighted by Gasteiger charge is 2.07. The van der Waals surface area contributed by atoms with Gasteiger partial charge in [-0.1, -0.05) is 18.5 Å². The van der Waals surface area contributed by atoms with E-state index in [9.17, 15) is 4.79 Å². The number of halogens is 1. The highest BCUT2D eigenvalue weighted by Crippen LogP contribution is 2.29. The van der Waals surface area contributed by atoms with Crippen LogP contribution < -0.4 is 4.74 Å². The Kier molecular flexibility index (Phi) is 5.04. The summed E-state index contributed by atoms with van der Waals surface area (Å²) in [5.74, 6) is -0.324. The van der Waals surface area contributed by atoms with E-state index in [1.807, 2.05) is 6.92 Å². The standard InChI is InChI=1S/C13H15ClO3/c1-3-6-17-12-5-4-10(14)8-11(12)9(2)7-13(15)16/h4-5,7-8H,3,6H2,1-2H3,(H,15,16)/b9-7+. The van der Waals surface area contributed by atoms with E-state index in [-0.39, 0.29) is 0 Å². The van der Waals surface area contributed by atoms with Crippen LogP contribution in [0.3, 0.4) is 0 Å². The van der Waals surface area contributed by atoms with Crippen molar-refractivity contribution in [2.75, 3.05) is 6.61 Å². The van der Waals surface area contributed by atoms with Crippen molar-refractivity contribution in [3.8, 4) is 5.75 Å². The van der Waals surface area contributed by atoms with Gasteiger partial charge in [-0.3, -0.25) is 0 Å². The monoisotopic (exact) mass is 254 g/mol. The summed E-state index contributed by atoms with van der Waals surface area (Å²) in [4.78, 5) is 10.6. The molecule has 0 radical (unpaired) electrons. The van der Waals surface area contributed by atoms with Crippen LogP contribution in [-0.4, -0.2) is 17.7 Å². The topological polar surface area (TPSA) is 46.5 Å². The molecule has 92 valence electrons. The van der Waals surface area contributed by atoms with Crippen LogP contribution in [0.2, 0.25) is 5.02 Å². The number of hydrogen-bond acceptors (Lipinski definition) is 2. The number of benzene rings is 1. The molecule has 1 N–H and O–H groups in total. The predicted octanol–water partition coefficient (Wildman–Crippen LogP) is 3.62. The Bertz CT molecular complexity index is 438. The molecule has 0 aromatic heterocycles. The first-order valence-corrected chi connectivity index (χ1v) is 5.76. The SMILES string of the molecule is CCCOc1ccc(Cl)cc1/C(C)=C/C(=O)O. The van der Waals surface area contributed by atoms with Crippen LogP contribution in [0, 0.1) is 0 Å². The summed E-state index contributed by atoms with van der Waals surface area (Å²) in [5.41, 5.74) is 1.33. The van der Waals surface area contributed by atoms with Gasteiger partial charge in [0.1, 0.15) is 5.75 Å². The second-order valence-corrected chi connectivity index (χ2v) is 4.09. The zero-order chi connectivity index (χ0) is 12.8. The van der Waals surface area contributed by atoms with Gasteiger partial charge < -0.3 is 9.84 Å². The van der Waals surface area contributed by atoms with Gasteiger partial charge in [0.25, 0.3) is 0 Å². The van der Waals surface area contributed by atoms with Crippen molar-refractivity contribution >= 4 is 23.1 Å². The third-order valence-corrected chi connectivity index (χ3v) is 2.40. The normalized spacial score (nSPS) is 11.4.